The van der Waals surface area contributed by atoms with Gasteiger partial charge >= 0.3 is 0 Å². The Balaban J connectivity index is 1.89. The molecular weight excluding hydrogens is 436 g/mol. The predicted octanol–water partition coefficient (Wildman–Crippen LogP) is 4.83. The summed E-state index contributed by atoms with van der Waals surface area (Å²) in [5, 5.41) is 0. The number of aromatic nitrogens is 1. The zero-order chi connectivity index (χ0) is 24.1. The lowest BCUT2D eigenvalue weighted by molar-refractivity contribution is 0.354. The molecule has 0 amide bonds. The molecule has 2 aromatic carbocycles. The zero-order valence-corrected chi connectivity index (χ0v) is 20.7. The van der Waals surface area contributed by atoms with Gasteiger partial charge in [0.1, 0.15) is 0 Å². The first-order valence-electron chi connectivity index (χ1n) is 10.9. The fourth-order valence-corrected chi connectivity index (χ4v) is 4.93. The summed E-state index contributed by atoms with van der Waals surface area (Å²) in [6.07, 6.45) is 2.19. The second kappa shape index (κ2) is 10.4. The van der Waals surface area contributed by atoms with Crippen molar-refractivity contribution < 1.29 is 17.9 Å². The quantitative estimate of drug-likeness (QED) is 0.450. The van der Waals surface area contributed by atoms with Crippen molar-refractivity contribution in [2.24, 2.45) is 0 Å². The molecule has 0 bridgehead atoms. The maximum absolute atomic E-state index is 13.6. The molecule has 1 aromatic heterocycles. The Hall–Kier alpha value is -2.90. The third-order valence-corrected chi connectivity index (χ3v) is 7.38. The van der Waals surface area contributed by atoms with Crippen LogP contribution in [0.2, 0.25) is 0 Å². The van der Waals surface area contributed by atoms with Gasteiger partial charge in [0.05, 0.1) is 31.4 Å². The van der Waals surface area contributed by atoms with Gasteiger partial charge in [-0.05, 0) is 59.4 Å². The molecule has 7 heteroatoms. The van der Waals surface area contributed by atoms with E-state index < -0.39 is 10.0 Å². The van der Waals surface area contributed by atoms with Gasteiger partial charge in [-0.25, -0.2) is 8.42 Å². The van der Waals surface area contributed by atoms with Gasteiger partial charge in [-0.2, -0.15) is 4.31 Å². The molecule has 0 aliphatic rings. The van der Waals surface area contributed by atoms with E-state index in [4.69, 9.17) is 9.47 Å². The van der Waals surface area contributed by atoms with Crippen LogP contribution in [0.15, 0.2) is 71.8 Å². The van der Waals surface area contributed by atoms with Gasteiger partial charge in [0, 0.05) is 12.7 Å². The standard InChI is InChI=1S/C26H32N2O4S/c1-26(2,3)21-10-12-23(13-11-21)33(29,30)28(19-22-8-6-7-16-27-22)17-15-20-9-14-24(31-4)25(18-20)32-5/h6-14,16,18H,15,17,19H2,1-5H3. The average Bonchev–Trinajstić information content (AvgIpc) is 2.81. The van der Waals surface area contributed by atoms with Crippen LogP contribution in [0.4, 0.5) is 0 Å². The summed E-state index contributed by atoms with van der Waals surface area (Å²) in [5.41, 5.74) is 2.68. The molecule has 3 rings (SSSR count). The van der Waals surface area contributed by atoms with Crippen LogP contribution in [0, 0.1) is 0 Å². The molecule has 33 heavy (non-hydrogen) atoms. The highest BCUT2D eigenvalue weighted by atomic mass is 32.2. The summed E-state index contributed by atoms with van der Waals surface area (Å²) in [4.78, 5) is 4.61. The van der Waals surface area contributed by atoms with Gasteiger partial charge in [-0.3, -0.25) is 4.98 Å². The fraction of sp³-hybridized carbons (Fsp3) is 0.346. The van der Waals surface area contributed by atoms with E-state index in [-0.39, 0.29) is 16.9 Å². The summed E-state index contributed by atoms with van der Waals surface area (Å²) >= 11 is 0. The highest BCUT2D eigenvalue weighted by molar-refractivity contribution is 7.89. The Morgan fingerprint density at radius 2 is 1.61 bits per heavy atom. The number of benzene rings is 2. The number of ether oxygens (including phenoxy) is 2. The summed E-state index contributed by atoms with van der Waals surface area (Å²) in [5.74, 6) is 1.25. The number of hydrogen-bond acceptors (Lipinski definition) is 5. The van der Waals surface area contributed by atoms with Crippen LogP contribution in [0.3, 0.4) is 0 Å². The molecule has 0 radical (unpaired) electrons. The van der Waals surface area contributed by atoms with Crippen LogP contribution in [0.1, 0.15) is 37.6 Å². The molecule has 0 spiro atoms. The average molecular weight is 469 g/mol. The lowest BCUT2D eigenvalue weighted by atomic mass is 9.87. The van der Waals surface area contributed by atoms with Crippen LogP contribution in [-0.2, 0) is 28.4 Å². The number of pyridine rings is 1. The molecule has 0 saturated heterocycles. The van der Waals surface area contributed by atoms with Crippen LogP contribution in [0.5, 0.6) is 11.5 Å². The van der Waals surface area contributed by atoms with Crippen molar-refractivity contribution in [1.82, 2.24) is 9.29 Å². The minimum atomic E-state index is -3.72. The van der Waals surface area contributed by atoms with Gasteiger partial charge in [-0.1, -0.05) is 45.0 Å². The monoisotopic (exact) mass is 468 g/mol. The van der Waals surface area contributed by atoms with Crippen LogP contribution < -0.4 is 9.47 Å². The zero-order valence-electron chi connectivity index (χ0n) is 19.9. The number of methoxy groups -OCH3 is 2. The highest BCUT2D eigenvalue weighted by Crippen LogP contribution is 2.29. The van der Waals surface area contributed by atoms with Gasteiger partial charge < -0.3 is 9.47 Å². The Morgan fingerprint density at radius 1 is 0.909 bits per heavy atom. The van der Waals surface area contributed by atoms with E-state index in [1.54, 1.807) is 32.5 Å². The molecule has 0 saturated carbocycles. The Labute approximate surface area is 197 Å². The third kappa shape index (κ3) is 6.12. The van der Waals surface area contributed by atoms with Crippen molar-refractivity contribution in [1.29, 1.82) is 0 Å². The molecule has 176 valence electrons. The van der Waals surface area contributed by atoms with E-state index in [1.165, 1.54) is 4.31 Å². The largest absolute Gasteiger partial charge is 0.493 e. The Bertz CT molecular complexity index is 1160. The number of hydrogen-bond donors (Lipinski definition) is 0. The molecule has 0 aliphatic heterocycles. The number of nitrogens with zero attached hydrogens (tertiary/aromatic N) is 2. The second-order valence-electron chi connectivity index (χ2n) is 8.87. The lowest BCUT2D eigenvalue weighted by Crippen LogP contribution is -2.33. The van der Waals surface area contributed by atoms with E-state index in [9.17, 15) is 8.42 Å². The highest BCUT2D eigenvalue weighted by Gasteiger charge is 2.26. The normalized spacial score (nSPS) is 12.1. The number of rotatable bonds is 9. The fourth-order valence-electron chi connectivity index (χ4n) is 3.52. The maximum atomic E-state index is 13.6. The molecule has 1 heterocycles. The van der Waals surface area contributed by atoms with Gasteiger partial charge in [0.25, 0.3) is 0 Å². The molecule has 3 aromatic rings. The number of sulfonamides is 1. The first kappa shape index (κ1) is 24.7. The lowest BCUT2D eigenvalue weighted by Gasteiger charge is -2.23. The molecular formula is C26H32N2O4S. The minimum Gasteiger partial charge on any atom is -0.493 e. The maximum Gasteiger partial charge on any atom is 0.243 e. The summed E-state index contributed by atoms with van der Waals surface area (Å²) in [7, 11) is -0.552. The molecule has 0 fully saturated rings. The van der Waals surface area contributed by atoms with E-state index in [0.717, 1.165) is 11.1 Å². The van der Waals surface area contributed by atoms with Gasteiger partial charge in [0.2, 0.25) is 10.0 Å². The first-order chi connectivity index (χ1) is 15.6. The summed E-state index contributed by atoms with van der Waals surface area (Å²) < 4.78 is 39.4. The third-order valence-electron chi connectivity index (χ3n) is 5.52. The predicted molar refractivity (Wildman–Crippen MR) is 130 cm³/mol. The van der Waals surface area contributed by atoms with E-state index in [2.05, 4.69) is 25.8 Å². The van der Waals surface area contributed by atoms with Crippen molar-refractivity contribution in [3.8, 4) is 11.5 Å². The van der Waals surface area contributed by atoms with Gasteiger partial charge in [-0.15, -0.1) is 0 Å². The van der Waals surface area contributed by atoms with Crippen LogP contribution >= 0.6 is 0 Å². The van der Waals surface area contributed by atoms with E-state index in [1.807, 2.05) is 48.5 Å². The van der Waals surface area contributed by atoms with Crippen molar-refractivity contribution in [2.45, 2.75) is 44.0 Å². The molecule has 0 aliphatic carbocycles. The van der Waals surface area contributed by atoms with E-state index in [0.29, 0.717) is 30.2 Å². The summed E-state index contributed by atoms with van der Waals surface area (Å²) in [6.45, 7) is 6.81. The first-order valence-corrected chi connectivity index (χ1v) is 12.3. The van der Waals surface area contributed by atoms with Crippen molar-refractivity contribution in [2.75, 3.05) is 20.8 Å². The minimum absolute atomic E-state index is 0.0522. The van der Waals surface area contributed by atoms with E-state index >= 15 is 0 Å². The Morgan fingerprint density at radius 3 is 2.18 bits per heavy atom. The van der Waals surface area contributed by atoms with Crippen molar-refractivity contribution in [3.05, 3.63) is 83.7 Å². The topological polar surface area (TPSA) is 68.7 Å². The van der Waals surface area contributed by atoms with Crippen LogP contribution in [0.25, 0.3) is 0 Å². The smallest absolute Gasteiger partial charge is 0.243 e. The van der Waals surface area contributed by atoms with Gasteiger partial charge in [0.15, 0.2) is 11.5 Å². The molecule has 6 nitrogen and oxygen atoms in total. The second-order valence-corrected chi connectivity index (χ2v) is 10.8. The van der Waals surface area contributed by atoms with Crippen molar-refractivity contribution >= 4 is 10.0 Å². The molecule has 0 atom stereocenters. The SMILES string of the molecule is COc1ccc(CCN(Cc2ccccn2)S(=O)(=O)c2ccc(C(C)(C)C)cc2)cc1OC. The summed E-state index contributed by atoms with van der Waals surface area (Å²) in [6, 6.07) is 18.3. The van der Waals surface area contributed by atoms with Crippen molar-refractivity contribution in [3.63, 3.8) is 0 Å². The molecule has 0 unspecified atom stereocenters. The molecule has 0 N–H and O–H groups in total. The Kier molecular flexibility index (Phi) is 7.76. The van der Waals surface area contributed by atoms with Crippen LogP contribution in [-0.4, -0.2) is 38.5 Å².